The van der Waals surface area contributed by atoms with Gasteiger partial charge in [-0.05, 0) is 32.2 Å². The molecule has 0 N–H and O–H groups in total. The molecule has 2 fully saturated rings. The summed E-state index contributed by atoms with van der Waals surface area (Å²) in [4.78, 5) is 14.1. The number of carbonyl (C=O) groups is 1. The number of rotatable bonds is 2. The van der Waals surface area contributed by atoms with Crippen molar-refractivity contribution >= 4 is 5.97 Å². The molecule has 0 spiro atoms. The molecule has 1 aliphatic carbocycles. The van der Waals surface area contributed by atoms with Gasteiger partial charge in [0.2, 0.25) is 0 Å². The summed E-state index contributed by atoms with van der Waals surface area (Å²) < 4.78 is 4.86. The van der Waals surface area contributed by atoms with Gasteiger partial charge in [0.1, 0.15) is 0 Å². The van der Waals surface area contributed by atoms with Gasteiger partial charge < -0.3 is 4.74 Å². The second-order valence-electron chi connectivity index (χ2n) is 5.15. The van der Waals surface area contributed by atoms with Gasteiger partial charge in [0.05, 0.1) is 13.0 Å². The van der Waals surface area contributed by atoms with Crippen LogP contribution in [-0.4, -0.2) is 37.1 Å². The SMILES string of the molecule is COC(=O)C1CCCN(C2CCCCC2)C1. The lowest BCUT2D eigenvalue weighted by atomic mass is 9.90. The quantitative estimate of drug-likeness (QED) is 0.675. The van der Waals surface area contributed by atoms with Crippen molar-refractivity contribution in [3.8, 4) is 0 Å². The largest absolute Gasteiger partial charge is 0.469 e. The van der Waals surface area contributed by atoms with Gasteiger partial charge in [0, 0.05) is 12.6 Å². The summed E-state index contributed by atoms with van der Waals surface area (Å²) >= 11 is 0. The first-order chi connectivity index (χ1) is 7.81. The first-order valence-electron chi connectivity index (χ1n) is 6.63. The van der Waals surface area contributed by atoms with Crippen LogP contribution >= 0.6 is 0 Å². The van der Waals surface area contributed by atoms with E-state index in [0.717, 1.165) is 25.4 Å². The van der Waals surface area contributed by atoms with E-state index >= 15 is 0 Å². The van der Waals surface area contributed by atoms with Crippen LogP contribution in [0.2, 0.25) is 0 Å². The molecule has 0 radical (unpaired) electrons. The van der Waals surface area contributed by atoms with Crippen LogP contribution in [0.1, 0.15) is 44.9 Å². The number of hydrogen-bond donors (Lipinski definition) is 0. The van der Waals surface area contributed by atoms with Crippen LogP contribution in [0, 0.1) is 5.92 Å². The van der Waals surface area contributed by atoms with Crippen molar-refractivity contribution in [2.24, 2.45) is 5.92 Å². The first kappa shape index (κ1) is 11.9. The lowest BCUT2D eigenvalue weighted by Crippen LogP contribution is -2.45. The third-order valence-corrected chi connectivity index (χ3v) is 4.08. The Hall–Kier alpha value is -0.570. The highest BCUT2D eigenvalue weighted by molar-refractivity contribution is 5.72. The number of piperidine rings is 1. The third-order valence-electron chi connectivity index (χ3n) is 4.08. The zero-order valence-corrected chi connectivity index (χ0v) is 10.3. The van der Waals surface area contributed by atoms with E-state index < -0.39 is 0 Å². The molecular formula is C13H23NO2. The van der Waals surface area contributed by atoms with Crippen molar-refractivity contribution in [1.29, 1.82) is 0 Å². The molecule has 0 aromatic rings. The molecule has 0 amide bonds. The molecule has 2 rings (SSSR count). The molecule has 1 heterocycles. The maximum atomic E-state index is 11.5. The molecule has 1 unspecified atom stereocenters. The van der Waals surface area contributed by atoms with E-state index in [1.165, 1.54) is 45.8 Å². The van der Waals surface area contributed by atoms with Crippen LogP contribution in [0.3, 0.4) is 0 Å². The minimum absolute atomic E-state index is 0.0134. The monoisotopic (exact) mass is 225 g/mol. The van der Waals surface area contributed by atoms with Crippen LogP contribution in [0.15, 0.2) is 0 Å². The summed E-state index contributed by atoms with van der Waals surface area (Å²) in [6.07, 6.45) is 8.94. The second-order valence-corrected chi connectivity index (χ2v) is 5.15. The Morgan fingerprint density at radius 3 is 2.56 bits per heavy atom. The number of methoxy groups -OCH3 is 1. The number of esters is 1. The topological polar surface area (TPSA) is 29.5 Å². The van der Waals surface area contributed by atoms with Gasteiger partial charge in [-0.1, -0.05) is 19.3 Å². The molecule has 0 aromatic heterocycles. The normalized spacial score (nSPS) is 28.9. The second kappa shape index (κ2) is 5.67. The highest BCUT2D eigenvalue weighted by Gasteiger charge is 2.30. The maximum absolute atomic E-state index is 11.5. The van der Waals surface area contributed by atoms with Crippen LogP contribution in [0.5, 0.6) is 0 Å². The Balaban J connectivity index is 1.87. The molecule has 1 atom stereocenters. The molecule has 3 heteroatoms. The molecule has 92 valence electrons. The van der Waals surface area contributed by atoms with Gasteiger partial charge in [-0.2, -0.15) is 0 Å². The summed E-state index contributed by atoms with van der Waals surface area (Å²) in [7, 11) is 1.50. The van der Waals surface area contributed by atoms with Crippen LogP contribution < -0.4 is 0 Å². The summed E-state index contributed by atoms with van der Waals surface area (Å²) in [5.74, 6) is 0.112. The minimum atomic E-state index is -0.0134. The van der Waals surface area contributed by atoms with E-state index in [4.69, 9.17) is 4.74 Å². The molecule has 0 bridgehead atoms. The van der Waals surface area contributed by atoms with Gasteiger partial charge in [0.25, 0.3) is 0 Å². The highest BCUT2D eigenvalue weighted by atomic mass is 16.5. The average Bonchev–Trinajstić information content (AvgIpc) is 2.39. The third kappa shape index (κ3) is 2.76. The van der Waals surface area contributed by atoms with Gasteiger partial charge in [-0.25, -0.2) is 0 Å². The molecule has 3 nitrogen and oxygen atoms in total. The number of carbonyl (C=O) groups excluding carboxylic acids is 1. The van der Waals surface area contributed by atoms with Gasteiger partial charge >= 0.3 is 5.97 Å². The van der Waals surface area contributed by atoms with Crippen molar-refractivity contribution in [3.05, 3.63) is 0 Å². The molecule has 0 aromatic carbocycles. The lowest BCUT2D eigenvalue weighted by molar-refractivity contribution is -0.147. The smallest absolute Gasteiger partial charge is 0.309 e. The zero-order valence-electron chi connectivity index (χ0n) is 10.3. The number of ether oxygens (including phenoxy) is 1. The highest BCUT2D eigenvalue weighted by Crippen LogP contribution is 2.27. The van der Waals surface area contributed by atoms with Crippen LogP contribution in [0.4, 0.5) is 0 Å². The van der Waals surface area contributed by atoms with Crippen molar-refractivity contribution < 1.29 is 9.53 Å². The minimum Gasteiger partial charge on any atom is -0.469 e. The van der Waals surface area contributed by atoms with E-state index in [9.17, 15) is 4.79 Å². The Labute approximate surface area is 98.1 Å². The van der Waals surface area contributed by atoms with Crippen molar-refractivity contribution in [2.45, 2.75) is 51.0 Å². The molecule has 1 saturated heterocycles. The zero-order chi connectivity index (χ0) is 11.4. The Morgan fingerprint density at radius 1 is 1.12 bits per heavy atom. The predicted octanol–water partition coefficient (Wildman–Crippen LogP) is 2.20. The standard InChI is InChI=1S/C13H23NO2/c1-16-13(15)11-6-5-9-14(10-11)12-7-3-2-4-8-12/h11-12H,2-10H2,1H3. The molecule has 1 saturated carbocycles. The number of likely N-dealkylation sites (tertiary alicyclic amines) is 1. The van der Waals surface area contributed by atoms with E-state index in [1.54, 1.807) is 0 Å². The van der Waals surface area contributed by atoms with Crippen LogP contribution in [0.25, 0.3) is 0 Å². The molecule has 1 aliphatic heterocycles. The predicted molar refractivity (Wildman–Crippen MR) is 63.2 cm³/mol. The van der Waals surface area contributed by atoms with Crippen LogP contribution in [-0.2, 0) is 9.53 Å². The molecular weight excluding hydrogens is 202 g/mol. The summed E-state index contributed by atoms with van der Waals surface area (Å²) in [5.41, 5.74) is 0. The van der Waals surface area contributed by atoms with Gasteiger partial charge in [-0.3, -0.25) is 9.69 Å². The Kier molecular flexibility index (Phi) is 4.22. The Morgan fingerprint density at radius 2 is 1.88 bits per heavy atom. The van der Waals surface area contributed by atoms with E-state index in [-0.39, 0.29) is 11.9 Å². The average molecular weight is 225 g/mol. The van der Waals surface area contributed by atoms with Gasteiger partial charge in [0.15, 0.2) is 0 Å². The summed E-state index contributed by atoms with van der Waals surface area (Å²) in [6, 6.07) is 0.737. The van der Waals surface area contributed by atoms with E-state index in [0.29, 0.717) is 0 Å². The number of hydrogen-bond acceptors (Lipinski definition) is 3. The maximum Gasteiger partial charge on any atom is 0.309 e. The van der Waals surface area contributed by atoms with Crippen molar-refractivity contribution in [2.75, 3.05) is 20.2 Å². The van der Waals surface area contributed by atoms with Crippen molar-refractivity contribution in [1.82, 2.24) is 4.90 Å². The Bertz CT molecular complexity index is 236. The van der Waals surface area contributed by atoms with E-state index in [1.807, 2.05) is 0 Å². The fourth-order valence-corrected chi connectivity index (χ4v) is 3.14. The number of nitrogens with zero attached hydrogens (tertiary/aromatic N) is 1. The summed E-state index contributed by atoms with van der Waals surface area (Å²) in [6.45, 7) is 2.11. The van der Waals surface area contributed by atoms with Gasteiger partial charge in [-0.15, -0.1) is 0 Å². The fourth-order valence-electron chi connectivity index (χ4n) is 3.14. The van der Waals surface area contributed by atoms with E-state index in [2.05, 4.69) is 4.90 Å². The summed E-state index contributed by atoms with van der Waals surface area (Å²) in [5, 5.41) is 0. The fraction of sp³-hybridized carbons (Fsp3) is 0.923. The van der Waals surface area contributed by atoms with Crippen molar-refractivity contribution in [3.63, 3.8) is 0 Å². The molecule has 2 aliphatic rings. The lowest BCUT2D eigenvalue weighted by Gasteiger charge is -2.39. The molecule has 16 heavy (non-hydrogen) atoms. The first-order valence-corrected chi connectivity index (χ1v) is 6.63.